The standard InChI is InChI=1S/C64H84N10O8/c1-39(65-9)55(75)69-53(63(3,4)5)61(81)73-33-31-71(37-51(73)57(77)67-49-29-17-21-41-19-11-13-27-47(41)49)59(79)45-25-15-23-43(35-45)44-24-16-26-46(36-44)60(80)72-32-34-74(62(82)54(64(6,7)8)70-56(76)40(2)66-10)52(38-72)58(78)68-50-30-18-22-42-20-12-14-28-48(42)50/h11-16,19-20,23-28,35-36,39-40,49-54,65-66H,17-18,21-22,29-34,37-38H2,1-10H3,(H,67,77)(H,68,78)(H,69,75)(H,70,76)/t39-,40-,49+,50+,51-,52-,53+,54+/m0/s1. The maximum Gasteiger partial charge on any atom is 0.254 e. The van der Waals surface area contributed by atoms with Crippen LogP contribution in [0, 0.1) is 10.8 Å². The van der Waals surface area contributed by atoms with Gasteiger partial charge in [-0.15, -0.1) is 0 Å². The van der Waals surface area contributed by atoms with Crippen LogP contribution in [0.2, 0.25) is 0 Å². The molecule has 0 aromatic heterocycles. The molecule has 0 saturated carbocycles. The quantitative estimate of drug-likeness (QED) is 0.0899. The van der Waals surface area contributed by atoms with Crippen LogP contribution >= 0.6 is 0 Å². The van der Waals surface area contributed by atoms with Crippen LogP contribution < -0.4 is 31.9 Å². The molecule has 2 heterocycles. The molecule has 18 heteroatoms. The van der Waals surface area contributed by atoms with E-state index in [-0.39, 0.29) is 75.0 Å². The lowest BCUT2D eigenvalue weighted by atomic mass is 9.85. The Bertz CT molecular complexity index is 2840. The van der Waals surface area contributed by atoms with Crippen molar-refractivity contribution in [2.24, 2.45) is 10.8 Å². The van der Waals surface area contributed by atoms with Gasteiger partial charge in [-0.1, -0.05) is 114 Å². The highest BCUT2D eigenvalue weighted by atomic mass is 16.2. The Labute approximate surface area is 483 Å². The summed E-state index contributed by atoms with van der Waals surface area (Å²) >= 11 is 0. The van der Waals surface area contributed by atoms with Gasteiger partial charge < -0.3 is 51.5 Å². The van der Waals surface area contributed by atoms with Crippen LogP contribution in [-0.2, 0) is 41.6 Å². The molecule has 8 amide bonds. The van der Waals surface area contributed by atoms with Gasteiger partial charge in [0.2, 0.25) is 35.4 Å². The third-order valence-corrected chi connectivity index (χ3v) is 16.9. The highest BCUT2D eigenvalue weighted by Gasteiger charge is 2.46. The summed E-state index contributed by atoms with van der Waals surface area (Å²) in [7, 11) is 3.33. The van der Waals surface area contributed by atoms with Crippen LogP contribution in [0.5, 0.6) is 0 Å². The number of hydrogen-bond acceptors (Lipinski definition) is 10. The van der Waals surface area contributed by atoms with Crippen molar-refractivity contribution in [2.75, 3.05) is 53.4 Å². The molecule has 4 aromatic carbocycles. The molecular weight excluding hydrogens is 1040 g/mol. The predicted molar refractivity (Wildman–Crippen MR) is 315 cm³/mol. The minimum atomic E-state index is -1.07. The van der Waals surface area contributed by atoms with Crippen LogP contribution in [0.4, 0.5) is 0 Å². The van der Waals surface area contributed by atoms with E-state index in [0.29, 0.717) is 22.3 Å². The summed E-state index contributed by atoms with van der Waals surface area (Å²) in [4.78, 5) is 121. The summed E-state index contributed by atoms with van der Waals surface area (Å²) in [5.74, 6) is -3.00. The van der Waals surface area contributed by atoms with Gasteiger partial charge in [0.1, 0.15) is 24.2 Å². The number of carbonyl (C=O) groups is 8. The first-order valence-electron chi connectivity index (χ1n) is 29.1. The van der Waals surface area contributed by atoms with Crippen LogP contribution in [0.15, 0.2) is 97.1 Å². The molecule has 4 aromatic rings. The molecule has 4 aliphatic rings. The van der Waals surface area contributed by atoms with Crippen LogP contribution in [-0.4, -0.2) is 156 Å². The van der Waals surface area contributed by atoms with E-state index < -0.39 is 70.7 Å². The van der Waals surface area contributed by atoms with Crippen molar-refractivity contribution in [3.8, 4) is 11.1 Å². The lowest BCUT2D eigenvalue weighted by Crippen LogP contribution is -2.66. The average Bonchev–Trinajstić information content (AvgIpc) is 3.52. The number of amides is 8. The third kappa shape index (κ3) is 13.7. The van der Waals surface area contributed by atoms with Gasteiger partial charge in [0, 0.05) is 37.3 Å². The fraction of sp³-hybridized carbons (Fsp3) is 0.500. The molecule has 2 aliphatic heterocycles. The molecule has 0 radical (unpaired) electrons. The Kier molecular flexibility index (Phi) is 19.1. The first-order chi connectivity index (χ1) is 39.0. The monoisotopic (exact) mass is 1120 g/mol. The van der Waals surface area contributed by atoms with E-state index in [9.17, 15) is 38.4 Å². The van der Waals surface area contributed by atoms with E-state index in [1.54, 1.807) is 74.1 Å². The van der Waals surface area contributed by atoms with Crippen molar-refractivity contribution in [1.29, 1.82) is 0 Å². The fourth-order valence-corrected chi connectivity index (χ4v) is 11.7. The second kappa shape index (κ2) is 25.8. The smallest absolute Gasteiger partial charge is 0.254 e. The van der Waals surface area contributed by atoms with Crippen molar-refractivity contribution in [2.45, 2.75) is 142 Å². The lowest BCUT2D eigenvalue weighted by molar-refractivity contribution is -0.148. The number of nitrogens with one attached hydrogen (secondary N) is 6. The Balaban J connectivity index is 1.03. The molecule has 0 spiro atoms. The molecule has 438 valence electrons. The van der Waals surface area contributed by atoms with E-state index in [2.05, 4.69) is 44.0 Å². The van der Waals surface area contributed by atoms with Gasteiger partial charge in [-0.2, -0.15) is 0 Å². The van der Waals surface area contributed by atoms with Crippen molar-refractivity contribution >= 4 is 47.3 Å². The zero-order valence-electron chi connectivity index (χ0n) is 49.4. The Morgan fingerprint density at radius 1 is 0.500 bits per heavy atom. The summed E-state index contributed by atoms with van der Waals surface area (Å²) < 4.78 is 0. The minimum Gasteiger partial charge on any atom is -0.347 e. The second-order valence-electron chi connectivity index (χ2n) is 24.7. The van der Waals surface area contributed by atoms with Crippen LogP contribution in [0.25, 0.3) is 11.1 Å². The predicted octanol–water partition coefficient (Wildman–Crippen LogP) is 5.32. The SMILES string of the molecule is CN[C@@H](C)C(=O)N[C@H](C(=O)N1CCN(C(=O)c2cccc(-c3cccc(C(=O)N4CCN(C(=O)[C@@H](NC(=O)[C@H](C)NC)C(C)(C)C)[C@H](C(=O)N[C@@H]5CCCc6ccccc65)C4)c3)c2)C[C@H]1C(=O)N[C@@H]1CCCc2ccccc21)C(C)(C)C. The van der Waals surface area contributed by atoms with Gasteiger partial charge in [0.25, 0.3) is 11.8 Å². The number of nitrogens with zero attached hydrogens (tertiary/aromatic N) is 4. The summed E-state index contributed by atoms with van der Waals surface area (Å²) in [6.45, 7) is 14.8. The molecule has 2 fully saturated rings. The van der Waals surface area contributed by atoms with Gasteiger partial charge in [-0.3, -0.25) is 38.4 Å². The Morgan fingerprint density at radius 3 is 1.24 bits per heavy atom. The Morgan fingerprint density at radius 2 is 0.878 bits per heavy atom. The number of benzene rings is 4. The number of fused-ring (bicyclic) bond motifs is 2. The van der Waals surface area contributed by atoms with Crippen molar-refractivity contribution in [3.05, 3.63) is 130 Å². The van der Waals surface area contributed by atoms with Crippen molar-refractivity contribution < 1.29 is 38.4 Å². The first-order valence-corrected chi connectivity index (χ1v) is 29.1. The largest absolute Gasteiger partial charge is 0.347 e. The fourth-order valence-electron chi connectivity index (χ4n) is 11.7. The maximum absolute atomic E-state index is 14.8. The molecular formula is C64H84N10O8. The summed E-state index contributed by atoms with van der Waals surface area (Å²) in [6, 6.07) is 24.4. The topological polar surface area (TPSA) is 222 Å². The van der Waals surface area contributed by atoms with Crippen LogP contribution in [0.3, 0.4) is 0 Å². The van der Waals surface area contributed by atoms with Gasteiger partial charge in [0.15, 0.2) is 0 Å². The van der Waals surface area contributed by atoms with E-state index in [1.165, 1.54) is 9.80 Å². The normalized spacial score (nSPS) is 20.7. The molecule has 8 atom stereocenters. The second-order valence-corrected chi connectivity index (χ2v) is 24.7. The zero-order valence-corrected chi connectivity index (χ0v) is 49.4. The number of hydrogen-bond donors (Lipinski definition) is 6. The third-order valence-electron chi connectivity index (χ3n) is 16.9. The Hall–Kier alpha value is -7.44. The van der Waals surface area contributed by atoms with Gasteiger partial charge in [-0.05, 0) is 135 Å². The molecule has 82 heavy (non-hydrogen) atoms. The number of piperazine rings is 2. The van der Waals surface area contributed by atoms with Crippen molar-refractivity contribution in [3.63, 3.8) is 0 Å². The van der Waals surface area contributed by atoms with Crippen molar-refractivity contribution in [1.82, 2.24) is 51.5 Å². The number of aryl methyl sites for hydroxylation is 2. The van der Waals surface area contributed by atoms with Gasteiger partial charge in [-0.25, -0.2) is 0 Å². The molecule has 2 aliphatic carbocycles. The van der Waals surface area contributed by atoms with E-state index in [4.69, 9.17) is 0 Å². The molecule has 6 N–H and O–H groups in total. The number of rotatable bonds is 15. The molecule has 18 nitrogen and oxygen atoms in total. The van der Waals surface area contributed by atoms with E-state index >= 15 is 0 Å². The van der Waals surface area contributed by atoms with Gasteiger partial charge >= 0.3 is 0 Å². The van der Waals surface area contributed by atoms with E-state index in [0.717, 1.165) is 60.8 Å². The number of carbonyl (C=O) groups excluding carboxylic acids is 8. The first kappa shape index (κ1) is 60.7. The summed E-state index contributed by atoms with van der Waals surface area (Å²) in [6.07, 6.45) is 4.99. The van der Waals surface area contributed by atoms with Crippen LogP contribution in [0.1, 0.15) is 136 Å². The molecule has 8 rings (SSSR count). The molecule has 0 unspecified atom stereocenters. The maximum atomic E-state index is 14.8. The molecule has 0 bridgehead atoms. The van der Waals surface area contributed by atoms with E-state index in [1.807, 2.05) is 90.1 Å². The summed E-state index contributed by atoms with van der Waals surface area (Å²) in [5, 5.41) is 18.2. The molecule has 2 saturated heterocycles. The average molecular weight is 1120 g/mol. The summed E-state index contributed by atoms with van der Waals surface area (Å²) in [5.41, 5.74) is 4.93. The highest BCUT2D eigenvalue weighted by Crippen LogP contribution is 2.33. The lowest BCUT2D eigenvalue weighted by Gasteiger charge is -2.44. The number of likely N-dealkylation sites (N-methyl/N-ethyl adjacent to an activating group) is 2. The minimum absolute atomic E-state index is 0.0426. The van der Waals surface area contributed by atoms with Gasteiger partial charge in [0.05, 0.1) is 37.3 Å². The zero-order chi connectivity index (χ0) is 59.2. The highest BCUT2D eigenvalue weighted by molar-refractivity contribution is 6.00.